The number of nitrogens with one attached hydrogen (secondary N) is 1. The summed E-state index contributed by atoms with van der Waals surface area (Å²) in [4.78, 5) is 11.0. The maximum Gasteiger partial charge on any atom is 0.258 e. The van der Waals surface area contributed by atoms with E-state index in [9.17, 15) is 4.79 Å². The smallest absolute Gasteiger partial charge is 0.258 e. The molecule has 0 bridgehead atoms. The van der Waals surface area contributed by atoms with Gasteiger partial charge in [0.15, 0.2) is 17.6 Å². The molecule has 0 fully saturated rings. The second-order valence-electron chi connectivity index (χ2n) is 4.35. The van der Waals surface area contributed by atoms with E-state index in [4.69, 9.17) is 15.2 Å². The number of hydrogen-bond acceptors (Lipinski definition) is 4. The van der Waals surface area contributed by atoms with Crippen LogP contribution < -0.4 is 20.5 Å². The van der Waals surface area contributed by atoms with Gasteiger partial charge in [-0.25, -0.2) is 0 Å². The lowest BCUT2D eigenvalue weighted by atomic mass is 10.1. The van der Waals surface area contributed by atoms with Crippen molar-refractivity contribution < 1.29 is 14.3 Å². The van der Waals surface area contributed by atoms with Crippen molar-refractivity contribution in [1.29, 1.82) is 0 Å². The van der Waals surface area contributed by atoms with Gasteiger partial charge in [-0.2, -0.15) is 0 Å². The van der Waals surface area contributed by atoms with E-state index in [1.807, 2.05) is 12.1 Å². The van der Waals surface area contributed by atoms with Crippen molar-refractivity contribution in [2.24, 2.45) is 5.73 Å². The van der Waals surface area contributed by atoms with Crippen LogP contribution in [0.4, 0.5) is 0 Å². The standard InChI is InChI=1S/C14H22N2O3/c1-5-16-9(2)11-6-7-12(13(8-11)18-4)19-10(3)14(15)17/h6-10,16H,5H2,1-4H3,(H2,15,17). The van der Waals surface area contributed by atoms with E-state index in [0.29, 0.717) is 11.5 Å². The Morgan fingerprint density at radius 2 is 2.05 bits per heavy atom. The van der Waals surface area contributed by atoms with Gasteiger partial charge in [0.1, 0.15) is 0 Å². The second kappa shape index (κ2) is 6.99. The number of amides is 1. The van der Waals surface area contributed by atoms with Crippen molar-refractivity contribution in [3.63, 3.8) is 0 Å². The van der Waals surface area contributed by atoms with Crippen LogP contribution in [-0.2, 0) is 4.79 Å². The third kappa shape index (κ3) is 4.13. The molecule has 0 saturated heterocycles. The summed E-state index contributed by atoms with van der Waals surface area (Å²) in [6, 6.07) is 5.86. The number of primary amides is 1. The summed E-state index contributed by atoms with van der Waals surface area (Å²) < 4.78 is 10.8. The Labute approximate surface area is 114 Å². The monoisotopic (exact) mass is 266 g/mol. The van der Waals surface area contributed by atoms with Crippen LogP contribution in [-0.4, -0.2) is 25.7 Å². The molecule has 5 nitrogen and oxygen atoms in total. The van der Waals surface area contributed by atoms with Gasteiger partial charge in [0.25, 0.3) is 5.91 Å². The SMILES string of the molecule is CCNC(C)c1ccc(OC(C)C(N)=O)c(OC)c1. The molecule has 1 rings (SSSR count). The van der Waals surface area contributed by atoms with Gasteiger partial charge in [0.05, 0.1) is 7.11 Å². The van der Waals surface area contributed by atoms with Crippen molar-refractivity contribution in [2.75, 3.05) is 13.7 Å². The number of carbonyl (C=O) groups excluding carboxylic acids is 1. The summed E-state index contributed by atoms with van der Waals surface area (Å²) >= 11 is 0. The molecule has 0 aliphatic carbocycles. The van der Waals surface area contributed by atoms with Crippen molar-refractivity contribution in [3.8, 4) is 11.5 Å². The Hall–Kier alpha value is -1.75. The molecule has 19 heavy (non-hydrogen) atoms. The maximum atomic E-state index is 11.0. The minimum Gasteiger partial charge on any atom is -0.493 e. The van der Waals surface area contributed by atoms with Gasteiger partial charge in [-0.3, -0.25) is 4.79 Å². The molecule has 106 valence electrons. The highest BCUT2D eigenvalue weighted by atomic mass is 16.5. The first-order valence-corrected chi connectivity index (χ1v) is 6.36. The highest BCUT2D eigenvalue weighted by molar-refractivity contribution is 5.78. The van der Waals surface area contributed by atoms with Crippen LogP contribution >= 0.6 is 0 Å². The summed E-state index contributed by atoms with van der Waals surface area (Å²) in [7, 11) is 1.57. The Morgan fingerprint density at radius 3 is 2.58 bits per heavy atom. The molecular weight excluding hydrogens is 244 g/mol. The molecular formula is C14H22N2O3. The minimum atomic E-state index is -0.689. The van der Waals surface area contributed by atoms with Crippen LogP contribution in [0.25, 0.3) is 0 Å². The molecule has 0 saturated carbocycles. The average Bonchev–Trinajstić information content (AvgIpc) is 2.39. The fraction of sp³-hybridized carbons (Fsp3) is 0.500. The van der Waals surface area contributed by atoms with E-state index in [-0.39, 0.29) is 6.04 Å². The zero-order valence-corrected chi connectivity index (χ0v) is 11.9. The molecule has 0 aliphatic heterocycles. The Bertz CT molecular complexity index is 435. The number of carbonyl (C=O) groups is 1. The minimum absolute atomic E-state index is 0.224. The van der Waals surface area contributed by atoms with E-state index < -0.39 is 12.0 Å². The summed E-state index contributed by atoms with van der Waals surface area (Å²) in [6.45, 7) is 6.63. The summed E-state index contributed by atoms with van der Waals surface area (Å²) in [5.41, 5.74) is 6.27. The first kappa shape index (κ1) is 15.3. The van der Waals surface area contributed by atoms with E-state index in [1.165, 1.54) is 0 Å². The molecule has 0 spiro atoms. The topological polar surface area (TPSA) is 73.6 Å². The molecule has 0 heterocycles. The molecule has 5 heteroatoms. The third-order valence-electron chi connectivity index (χ3n) is 2.90. The molecule has 2 atom stereocenters. The van der Waals surface area contributed by atoms with Gasteiger partial charge < -0.3 is 20.5 Å². The summed E-state index contributed by atoms with van der Waals surface area (Å²) in [6.07, 6.45) is -0.689. The van der Waals surface area contributed by atoms with Gasteiger partial charge in [-0.05, 0) is 38.1 Å². The molecule has 1 aromatic carbocycles. The summed E-state index contributed by atoms with van der Waals surface area (Å²) in [5, 5.41) is 3.32. The summed E-state index contributed by atoms with van der Waals surface area (Å²) in [5.74, 6) is 0.601. The highest BCUT2D eigenvalue weighted by Gasteiger charge is 2.15. The van der Waals surface area contributed by atoms with Gasteiger partial charge in [-0.15, -0.1) is 0 Å². The number of ether oxygens (including phenoxy) is 2. The van der Waals surface area contributed by atoms with E-state index in [2.05, 4.69) is 19.2 Å². The second-order valence-corrected chi connectivity index (χ2v) is 4.35. The molecule has 3 N–H and O–H groups in total. The van der Waals surface area contributed by atoms with Crippen molar-refractivity contribution >= 4 is 5.91 Å². The predicted molar refractivity (Wildman–Crippen MR) is 74.4 cm³/mol. The van der Waals surface area contributed by atoms with Crippen LogP contribution in [0.15, 0.2) is 18.2 Å². The van der Waals surface area contributed by atoms with Gasteiger partial charge >= 0.3 is 0 Å². The Kier molecular flexibility index (Phi) is 5.63. The van der Waals surface area contributed by atoms with Crippen LogP contribution in [0, 0.1) is 0 Å². The van der Waals surface area contributed by atoms with E-state index in [0.717, 1.165) is 12.1 Å². The van der Waals surface area contributed by atoms with Crippen LogP contribution in [0.5, 0.6) is 11.5 Å². The lowest BCUT2D eigenvalue weighted by molar-refractivity contribution is -0.124. The molecule has 0 radical (unpaired) electrons. The Balaban J connectivity index is 2.93. The average molecular weight is 266 g/mol. The predicted octanol–water partition coefficient (Wildman–Crippen LogP) is 1.62. The van der Waals surface area contributed by atoms with Crippen LogP contribution in [0.1, 0.15) is 32.4 Å². The number of rotatable bonds is 7. The normalized spacial score (nSPS) is 13.7. The first-order chi connectivity index (χ1) is 8.99. The van der Waals surface area contributed by atoms with Crippen molar-refractivity contribution in [1.82, 2.24) is 5.32 Å². The van der Waals surface area contributed by atoms with Gasteiger partial charge in [-0.1, -0.05) is 13.0 Å². The Morgan fingerprint density at radius 1 is 1.37 bits per heavy atom. The van der Waals surface area contributed by atoms with E-state index >= 15 is 0 Å². The van der Waals surface area contributed by atoms with Crippen LogP contribution in [0.3, 0.4) is 0 Å². The zero-order chi connectivity index (χ0) is 14.4. The molecule has 2 unspecified atom stereocenters. The highest BCUT2D eigenvalue weighted by Crippen LogP contribution is 2.31. The van der Waals surface area contributed by atoms with Crippen LogP contribution in [0.2, 0.25) is 0 Å². The fourth-order valence-corrected chi connectivity index (χ4v) is 1.72. The fourth-order valence-electron chi connectivity index (χ4n) is 1.72. The number of nitrogens with two attached hydrogens (primary N) is 1. The number of hydrogen-bond donors (Lipinski definition) is 2. The third-order valence-corrected chi connectivity index (χ3v) is 2.90. The molecule has 1 amide bonds. The first-order valence-electron chi connectivity index (χ1n) is 6.36. The van der Waals surface area contributed by atoms with Gasteiger partial charge in [0, 0.05) is 6.04 Å². The molecule has 0 aromatic heterocycles. The maximum absolute atomic E-state index is 11.0. The number of benzene rings is 1. The van der Waals surface area contributed by atoms with Gasteiger partial charge in [0.2, 0.25) is 0 Å². The van der Waals surface area contributed by atoms with E-state index in [1.54, 1.807) is 20.1 Å². The van der Waals surface area contributed by atoms with Crippen molar-refractivity contribution in [3.05, 3.63) is 23.8 Å². The van der Waals surface area contributed by atoms with Crippen molar-refractivity contribution in [2.45, 2.75) is 32.9 Å². The number of methoxy groups -OCH3 is 1. The lowest BCUT2D eigenvalue weighted by Gasteiger charge is -2.18. The molecule has 0 aliphatic rings. The largest absolute Gasteiger partial charge is 0.493 e. The molecule has 1 aromatic rings. The lowest BCUT2D eigenvalue weighted by Crippen LogP contribution is -2.30. The quantitative estimate of drug-likeness (QED) is 0.786. The zero-order valence-electron chi connectivity index (χ0n) is 11.9.